The van der Waals surface area contributed by atoms with E-state index in [1.807, 2.05) is 42.5 Å². The van der Waals surface area contributed by atoms with Crippen molar-refractivity contribution < 1.29 is 14.3 Å². The number of thiazole rings is 1. The number of hydrogen-bond acceptors (Lipinski definition) is 6. The van der Waals surface area contributed by atoms with Crippen molar-refractivity contribution in [1.82, 2.24) is 9.88 Å². The van der Waals surface area contributed by atoms with Crippen LogP contribution in [0.4, 0.5) is 5.13 Å². The lowest BCUT2D eigenvalue weighted by molar-refractivity contribution is 0.0983. The highest BCUT2D eigenvalue weighted by Gasteiger charge is 2.22. The molecule has 3 rings (SSSR count). The summed E-state index contributed by atoms with van der Waals surface area (Å²) in [7, 11) is 1.65. The highest BCUT2D eigenvalue weighted by Crippen LogP contribution is 2.32. The topological polar surface area (TPSA) is 54.9 Å². The molecule has 0 fully saturated rings. The summed E-state index contributed by atoms with van der Waals surface area (Å²) in [5, 5.41) is 0.697. The number of carbonyl (C=O) groups excluding carboxylic acids is 1. The molecule has 0 radical (unpaired) electrons. The van der Waals surface area contributed by atoms with E-state index in [4.69, 9.17) is 14.5 Å². The number of methoxy groups -OCH3 is 1. The van der Waals surface area contributed by atoms with Gasteiger partial charge < -0.3 is 14.4 Å². The summed E-state index contributed by atoms with van der Waals surface area (Å²) in [5.41, 5.74) is 1.47. The van der Waals surface area contributed by atoms with E-state index in [0.29, 0.717) is 23.8 Å². The first-order valence-corrected chi connectivity index (χ1v) is 12.1. The van der Waals surface area contributed by atoms with E-state index in [1.54, 1.807) is 12.0 Å². The molecule has 6 nitrogen and oxygen atoms in total. The lowest BCUT2D eigenvalue weighted by Gasteiger charge is -2.25. The summed E-state index contributed by atoms with van der Waals surface area (Å²) in [6.07, 6.45) is 2.06. The van der Waals surface area contributed by atoms with Gasteiger partial charge in [0.25, 0.3) is 5.91 Å². The van der Waals surface area contributed by atoms with Crippen molar-refractivity contribution in [2.24, 2.45) is 0 Å². The molecule has 0 bridgehead atoms. The number of aromatic nitrogens is 1. The molecule has 1 aromatic heterocycles. The number of unbranched alkanes of at least 4 members (excludes halogenated alkanes) is 1. The third kappa shape index (κ3) is 7.06. The Hall–Kier alpha value is -2.35. The minimum absolute atomic E-state index is 0. The summed E-state index contributed by atoms with van der Waals surface area (Å²) in [6.45, 7) is 10.3. The fourth-order valence-corrected chi connectivity index (χ4v) is 4.43. The quantitative estimate of drug-likeness (QED) is 0.295. The van der Waals surface area contributed by atoms with Gasteiger partial charge in [-0.15, -0.1) is 12.4 Å². The second-order valence-electron chi connectivity index (χ2n) is 7.54. The Bertz CT molecular complexity index is 1020. The van der Waals surface area contributed by atoms with Gasteiger partial charge in [0, 0.05) is 18.7 Å². The van der Waals surface area contributed by atoms with Gasteiger partial charge >= 0.3 is 0 Å². The molecule has 0 aliphatic heterocycles. The Kier molecular flexibility index (Phi) is 10.9. The fourth-order valence-electron chi connectivity index (χ4n) is 3.41. The van der Waals surface area contributed by atoms with Crippen molar-refractivity contribution in [3.05, 3.63) is 48.0 Å². The molecule has 1 heterocycles. The van der Waals surface area contributed by atoms with Crippen molar-refractivity contribution in [3.63, 3.8) is 0 Å². The first kappa shape index (κ1) is 26.9. The minimum Gasteiger partial charge on any atom is -0.497 e. The van der Waals surface area contributed by atoms with E-state index in [9.17, 15) is 4.79 Å². The Balaban J connectivity index is 0.00000385. The van der Waals surface area contributed by atoms with E-state index < -0.39 is 0 Å². The van der Waals surface area contributed by atoms with Gasteiger partial charge in [0.1, 0.15) is 11.5 Å². The van der Waals surface area contributed by atoms with E-state index in [1.165, 1.54) is 11.3 Å². The maximum absolute atomic E-state index is 13.6. The number of hydrogen-bond donors (Lipinski definition) is 0. The normalized spacial score (nSPS) is 10.8. The number of carbonyl (C=O) groups is 1. The molecule has 1 amide bonds. The van der Waals surface area contributed by atoms with Crippen LogP contribution in [-0.2, 0) is 0 Å². The molecule has 2 aromatic carbocycles. The zero-order valence-electron chi connectivity index (χ0n) is 19.9. The van der Waals surface area contributed by atoms with Crippen LogP contribution < -0.4 is 14.4 Å². The van der Waals surface area contributed by atoms with Gasteiger partial charge in [-0.2, -0.15) is 0 Å². The standard InChI is InChI=1S/C25H33N3O3S.ClH/c1-5-8-16-31-21-11-9-10-19(17-21)24(29)28(15-14-27(6-2)7-3)25-26-22-13-12-20(30-4)18-23(22)32-25;/h9-13,17-18H,5-8,14-16H2,1-4H3;1H. The van der Waals surface area contributed by atoms with Gasteiger partial charge in [-0.3, -0.25) is 9.69 Å². The largest absolute Gasteiger partial charge is 0.497 e. The number of rotatable bonds is 12. The molecule has 8 heteroatoms. The summed E-state index contributed by atoms with van der Waals surface area (Å²) < 4.78 is 12.2. The predicted octanol–water partition coefficient (Wildman–Crippen LogP) is 5.89. The molecule has 0 spiro atoms. The van der Waals surface area contributed by atoms with Crippen LogP contribution in [0.25, 0.3) is 10.2 Å². The molecule has 0 unspecified atom stereocenters. The Morgan fingerprint density at radius 1 is 1.03 bits per heavy atom. The van der Waals surface area contributed by atoms with Crippen molar-refractivity contribution >= 4 is 45.0 Å². The monoisotopic (exact) mass is 491 g/mol. The van der Waals surface area contributed by atoms with Gasteiger partial charge in [0.2, 0.25) is 0 Å². The summed E-state index contributed by atoms with van der Waals surface area (Å²) in [4.78, 5) is 22.5. The Morgan fingerprint density at radius 3 is 2.52 bits per heavy atom. The average molecular weight is 492 g/mol. The van der Waals surface area contributed by atoms with E-state index >= 15 is 0 Å². The van der Waals surface area contributed by atoms with Crippen LogP contribution in [0.5, 0.6) is 11.5 Å². The van der Waals surface area contributed by atoms with Crippen LogP contribution in [0.3, 0.4) is 0 Å². The van der Waals surface area contributed by atoms with Crippen molar-refractivity contribution in [2.75, 3.05) is 44.8 Å². The molecule has 3 aromatic rings. The van der Waals surface area contributed by atoms with E-state index in [0.717, 1.165) is 54.2 Å². The second-order valence-corrected chi connectivity index (χ2v) is 8.55. The predicted molar refractivity (Wildman–Crippen MR) is 140 cm³/mol. The minimum atomic E-state index is -0.0656. The van der Waals surface area contributed by atoms with Gasteiger partial charge in [0.15, 0.2) is 5.13 Å². The SMILES string of the molecule is CCCCOc1cccc(C(=O)N(CCN(CC)CC)c2nc3ccc(OC)cc3s2)c1.Cl. The average Bonchev–Trinajstić information content (AvgIpc) is 3.24. The van der Waals surface area contributed by atoms with Crippen LogP contribution in [0.2, 0.25) is 0 Å². The molecule has 0 N–H and O–H groups in total. The molecule has 0 saturated heterocycles. The highest BCUT2D eigenvalue weighted by atomic mass is 35.5. The van der Waals surface area contributed by atoms with Gasteiger partial charge in [-0.1, -0.05) is 44.6 Å². The van der Waals surface area contributed by atoms with Crippen LogP contribution in [-0.4, -0.2) is 55.7 Å². The Labute approximate surface area is 206 Å². The number of fused-ring (bicyclic) bond motifs is 1. The highest BCUT2D eigenvalue weighted by molar-refractivity contribution is 7.22. The smallest absolute Gasteiger partial charge is 0.260 e. The zero-order valence-corrected chi connectivity index (χ0v) is 21.5. The third-order valence-corrected chi connectivity index (χ3v) is 6.48. The van der Waals surface area contributed by atoms with Crippen LogP contribution in [0.15, 0.2) is 42.5 Å². The number of nitrogens with zero attached hydrogens (tertiary/aromatic N) is 3. The number of amides is 1. The molecule has 0 atom stereocenters. The first-order chi connectivity index (χ1) is 15.6. The summed E-state index contributed by atoms with van der Waals surface area (Å²) in [5.74, 6) is 1.44. The molecule has 0 aliphatic rings. The number of ether oxygens (including phenoxy) is 2. The zero-order chi connectivity index (χ0) is 22.9. The van der Waals surface area contributed by atoms with Crippen molar-refractivity contribution in [3.8, 4) is 11.5 Å². The lowest BCUT2D eigenvalue weighted by atomic mass is 10.2. The number of benzene rings is 2. The molecular formula is C25H34ClN3O3S. The number of anilines is 1. The van der Waals surface area contributed by atoms with E-state index in [-0.39, 0.29) is 18.3 Å². The van der Waals surface area contributed by atoms with Crippen LogP contribution in [0, 0.1) is 0 Å². The van der Waals surface area contributed by atoms with E-state index in [2.05, 4.69) is 25.7 Å². The summed E-state index contributed by atoms with van der Waals surface area (Å²) >= 11 is 1.51. The molecule has 33 heavy (non-hydrogen) atoms. The molecule has 0 saturated carbocycles. The Morgan fingerprint density at radius 2 is 1.82 bits per heavy atom. The van der Waals surface area contributed by atoms with Crippen molar-refractivity contribution in [1.29, 1.82) is 0 Å². The van der Waals surface area contributed by atoms with Gasteiger partial charge in [-0.25, -0.2) is 4.98 Å². The summed E-state index contributed by atoms with van der Waals surface area (Å²) in [6, 6.07) is 13.2. The van der Waals surface area contributed by atoms with Gasteiger partial charge in [-0.05, 0) is 55.9 Å². The number of likely N-dealkylation sites (N-methyl/N-ethyl adjacent to an activating group) is 1. The van der Waals surface area contributed by atoms with Crippen LogP contribution in [0.1, 0.15) is 44.0 Å². The van der Waals surface area contributed by atoms with Crippen molar-refractivity contribution in [2.45, 2.75) is 33.6 Å². The van der Waals surface area contributed by atoms with Crippen LogP contribution >= 0.6 is 23.7 Å². The maximum Gasteiger partial charge on any atom is 0.260 e. The maximum atomic E-state index is 13.6. The first-order valence-electron chi connectivity index (χ1n) is 11.3. The lowest BCUT2D eigenvalue weighted by Crippen LogP contribution is -2.38. The second kappa shape index (κ2) is 13.4. The molecule has 180 valence electrons. The third-order valence-electron chi connectivity index (χ3n) is 5.44. The molecular weight excluding hydrogens is 458 g/mol. The fraction of sp³-hybridized carbons (Fsp3) is 0.440. The molecule has 0 aliphatic carbocycles. The van der Waals surface area contributed by atoms with Gasteiger partial charge in [0.05, 0.1) is 23.9 Å². The number of halogens is 1.